The summed E-state index contributed by atoms with van der Waals surface area (Å²) in [6.45, 7) is 4.11. The van der Waals surface area contributed by atoms with Crippen LogP contribution in [0.5, 0.6) is 0 Å². The Labute approximate surface area is 97.3 Å². The number of carbonyl (C=O) groups is 1. The predicted octanol–water partition coefficient (Wildman–Crippen LogP) is 2.59. The molecule has 0 aromatic rings. The minimum absolute atomic E-state index is 0.0949. The minimum atomic E-state index is -0.450. The van der Waals surface area contributed by atoms with Gasteiger partial charge in [0.05, 0.1) is 13.2 Å². The van der Waals surface area contributed by atoms with Gasteiger partial charge in [-0.2, -0.15) is 0 Å². The van der Waals surface area contributed by atoms with Crippen LogP contribution in [0.2, 0.25) is 0 Å². The molecule has 0 amide bonds. The predicted molar refractivity (Wildman–Crippen MR) is 63.6 cm³/mol. The van der Waals surface area contributed by atoms with Gasteiger partial charge in [-0.05, 0) is 26.2 Å². The molecule has 0 saturated heterocycles. The zero-order chi connectivity index (χ0) is 11.8. The topological polar surface area (TPSA) is 38.7 Å². The molecule has 2 rings (SSSR count). The normalized spacial score (nSPS) is 37.8. The van der Waals surface area contributed by atoms with Crippen molar-refractivity contribution in [1.82, 2.24) is 0 Å². The summed E-state index contributed by atoms with van der Waals surface area (Å²) in [7, 11) is 1.48. The molecule has 90 valence electrons. The molecular weight excluding hydrogens is 202 g/mol. The Morgan fingerprint density at radius 1 is 1.50 bits per heavy atom. The van der Waals surface area contributed by atoms with Gasteiger partial charge in [0.2, 0.25) is 0 Å². The van der Waals surface area contributed by atoms with Crippen LogP contribution in [-0.4, -0.2) is 24.8 Å². The standard InChI is InChI=1S/C13H21NO2/c1-4-11-13(2,12(15)16-3)9-7-5-6-8-10(9)14-11/h9-10H,4-8H2,1-3H3/t9?,10?,13-/m1/s1. The first-order valence-corrected chi connectivity index (χ1v) is 6.30. The highest BCUT2D eigenvalue weighted by atomic mass is 16.5. The molecule has 1 saturated carbocycles. The number of hydrogen-bond acceptors (Lipinski definition) is 3. The average Bonchev–Trinajstić information content (AvgIpc) is 2.63. The monoisotopic (exact) mass is 223 g/mol. The van der Waals surface area contributed by atoms with Crippen molar-refractivity contribution in [1.29, 1.82) is 0 Å². The molecule has 16 heavy (non-hydrogen) atoms. The number of aliphatic imine (C=N–C) groups is 1. The van der Waals surface area contributed by atoms with E-state index in [1.54, 1.807) is 0 Å². The lowest BCUT2D eigenvalue weighted by Gasteiger charge is -2.34. The van der Waals surface area contributed by atoms with E-state index in [4.69, 9.17) is 9.73 Å². The smallest absolute Gasteiger partial charge is 0.317 e. The Morgan fingerprint density at radius 2 is 2.19 bits per heavy atom. The van der Waals surface area contributed by atoms with Crippen LogP contribution in [0, 0.1) is 11.3 Å². The van der Waals surface area contributed by atoms with Crippen LogP contribution < -0.4 is 0 Å². The van der Waals surface area contributed by atoms with Crippen LogP contribution in [0.15, 0.2) is 4.99 Å². The fourth-order valence-electron chi connectivity index (χ4n) is 3.43. The van der Waals surface area contributed by atoms with E-state index >= 15 is 0 Å². The van der Waals surface area contributed by atoms with Crippen LogP contribution in [0.1, 0.15) is 46.0 Å². The summed E-state index contributed by atoms with van der Waals surface area (Å²) in [5, 5.41) is 0. The van der Waals surface area contributed by atoms with Crippen LogP contribution >= 0.6 is 0 Å². The van der Waals surface area contributed by atoms with E-state index in [1.807, 2.05) is 6.92 Å². The third-order valence-electron chi connectivity index (χ3n) is 4.34. The zero-order valence-corrected chi connectivity index (χ0v) is 10.5. The Hall–Kier alpha value is -0.860. The maximum Gasteiger partial charge on any atom is 0.317 e. The van der Waals surface area contributed by atoms with Crippen molar-refractivity contribution in [3.8, 4) is 0 Å². The molecular formula is C13H21NO2. The van der Waals surface area contributed by atoms with Crippen molar-refractivity contribution in [3.63, 3.8) is 0 Å². The summed E-state index contributed by atoms with van der Waals surface area (Å²) < 4.78 is 5.00. The fourth-order valence-corrected chi connectivity index (χ4v) is 3.43. The number of esters is 1. The van der Waals surface area contributed by atoms with E-state index in [2.05, 4.69) is 6.92 Å². The molecule has 3 atom stereocenters. The molecule has 1 aliphatic carbocycles. The molecule has 0 bridgehead atoms. The highest BCUT2D eigenvalue weighted by Crippen LogP contribution is 2.47. The summed E-state index contributed by atoms with van der Waals surface area (Å²) in [6, 6.07) is 0.368. The lowest BCUT2D eigenvalue weighted by atomic mass is 9.67. The second-order valence-corrected chi connectivity index (χ2v) is 5.08. The van der Waals surface area contributed by atoms with Gasteiger partial charge in [0, 0.05) is 11.6 Å². The molecule has 2 unspecified atom stereocenters. The van der Waals surface area contributed by atoms with Crippen molar-refractivity contribution in [2.24, 2.45) is 16.3 Å². The van der Waals surface area contributed by atoms with Crippen LogP contribution in [0.3, 0.4) is 0 Å². The first-order chi connectivity index (χ1) is 7.64. The molecule has 3 heteroatoms. The summed E-state index contributed by atoms with van der Waals surface area (Å²) in [5.74, 6) is 0.283. The van der Waals surface area contributed by atoms with Crippen LogP contribution in [0.4, 0.5) is 0 Å². The van der Waals surface area contributed by atoms with Crippen molar-refractivity contribution in [2.75, 3.05) is 7.11 Å². The number of nitrogens with zero attached hydrogens (tertiary/aromatic N) is 1. The number of ether oxygens (including phenoxy) is 1. The second kappa shape index (κ2) is 4.19. The number of rotatable bonds is 2. The molecule has 0 radical (unpaired) electrons. The average molecular weight is 223 g/mol. The van der Waals surface area contributed by atoms with Gasteiger partial charge in [0.1, 0.15) is 5.41 Å². The van der Waals surface area contributed by atoms with Gasteiger partial charge in [-0.15, -0.1) is 0 Å². The molecule has 0 aromatic heterocycles. The van der Waals surface area contributed by atoms with Gasteiger partial charge < -0.3 is 4.74 Å². The molecule has 1 heterocycles. The van der Waals surface area contributed by atoms with E-state index in [0.717, 1.165) is 25.0 Å². The molecule has 0 N–H and O–H groups in total. The molecule has 2 aliphatic rings. The third-order valence-corrected chi connectivity index (χ3v) is 4.34. The van der Waals surface area contributed by atoms with Crippen molar-refractivity contribution < 1.29 is 9.53 Å². The van der Waals surface area contributed by atoms with Gasteiger partial charge in [-0.3, -0.25) is 9.79 Å². The molecule has 1 fully saturated rings. The lowest BCUT2D eigenvalue weighted by molar-refractivity contribution is -0.150. The fraction of sp³-hybridized carbons (Fsp3) is 0.846. The SMILES string of the molecule is CCC1=NC2CCCCC2[C@@]1(C)C(=O)OC. The summed E-state index contributed by atoms with van der Waals surface area (Å²) in [6.07, 6.45) is 5.59. The quantitative estimate of drug-likeness (QED) is 0.675. The van der Waals surface area contributed by atoms with Crippen LogP contribution in [0.25, 0.3) is 0 Å². The summed E-state index contributed by atoms with van der Waals surface area (Å²) >= 11 is 0. The van der Waals surface area contributed by atoms with Crippen molar-refractivity contribution in [3.05, 3.63) is 0 Å². The Balaban J connectivity index is 2.34. The highest BCUT2D eigenvalue weighted by molar-refractivity contribution is 6.08. The molecule has 0 aromatic carbocycles. The number of fused-ring (bicyclic) bond motifs is 1. The van der Waals surface area contributed by atoms with Gasteiger partial charge in [-0.1, -0.05) is 19.8 Å². The molecule has 1 aliphatic heterocycles. The maximum atomic E-state index is 12.1. The number of carbonyl (C=O) groups excluding carboxylic acids is 1. The Bertz CT molecular complexity index is 324. The third kappa shape index (κ3) is 1.48. The van der Waals surface area contributed by atoms with E-state index in [0.29, 0.717) is 12.0 Å². The zero-order valence-electron chi connectivity index (χ0n) is 10.5. The number of hydrogen-bond donors (Lipinski definition) is 0. The molecule has 3 nitrogen and oxygen atoms in total. The van der Waals surface area contributed by atoms with E-state index in [-0.39, 0.29) is 5.97 Å². The van der Waals surface area contributed by atoms with E-state index in [9.17, 15) is 4.79 Å². The van der Waals surface area contributed by atoms with E-state index < -0.39 is 5.41 Å². The first-order valence-electron chi connectivity index (χ1n) is 6.30. The molecule has 0 spiro atoms. The lowest BCUT2D eigenvalue weighted by Crippen LogP contribution is -2.43. The summed E-state index contributed by atoms with van der Waals surface area (Å²) in [5.41, 5.74) is 0.602. The largest absolute Gasteiger partial charge is 0.468 e. The second-order valence-electron chi connectivity index (χ2n) is 5.08. The van der Waals surface area contributed by atoms with Gasteiger partial charge >= 0.3 is 5.97 Å². The Kier molecular flexibility index (Phi) is 3.04. The Morgan fingerprint density at radius 3 is 2.81 bits per heavy atom. The van der Waals surface area contributed by atoms with Gasteiger partial charge in [0.15, 0.2) is 0 Å². The first kappa shape index (κ1) is 11.6. The maximum absolute atomic E-state index is 12.1. The van der Waals surface area contributed by atoms with Crippen molar-refractivity contribution in [2.45, 2.75) is 52.0 Å². The van der Waals surface area contributed by atoms with Crippen LogP contribution in [-0.2, 0) is 9.53 Å². The van der Waals surface area contributed by atoms with Gasteiger partial charge in [-0.25, -0.2) is 0 Å². The summed E-state index contributed by atoms with van der Waals surface area (Å²) in [4.78, 5) is 16.8. The van der Waals surface area contributed by atoms with Crippen molar-refractivity contribution >= 4 is 11.7 Å². The minimum Gasteiger partial charge on any atom is -0.468 e. The van der Waals surface area contributed by atoms with E-state index in [1.165, 1.54) is 20.0 Å². The highest BCUT2D eigenvalue weighted by Gasteiger charge is 2.53. The number of methoxy groups -OCH3 is 1. The van der Waals surface area contributed by atoms with Gasteiger partial charge in [0.25, 0.3) is 0 Å².